The number of carbonyl (C=O) groups excluding carboxylic acids is 2. The highest BCUT2D eigenvalue weighted by Gasteiger charge is 2.41. The quantitative estimate of drug-likeness (QED) is 0.106. The molecule has 5 rings (SSSR count). The van der Waals surface area contributed by atoms with Crippen molar-refractivity contribution in [1.29, 1.82) is 0 Å². The number of rotatable bonds is 18. The third-order valence-corrected chi connectivity index (χ3v) is 11.9. The van der Waals surface area contributed by atoms with Crippen LogP contribution in [0.25, 0.3) is 0 Å². The van der Waals surface area contributed by atoms with E-state index in [4.69, 9.17) is 4.74 Å². The molecule has 3 N–H and O–H groups in total. The maximum atomic E-state index is 12.5. The molecular formula is C42H51N3O9S2. The van der Waals surface area contributed by atoms with E-state index in [0.717, 1.165) is 60.9 Å². The van der Waals surface area contributed by atoms with Crippen molar-refractivity contribution in [3.05, 3.63) is 125 Å². The zero-order chi connectivity index (χ0) is 40.7. The highest BCUT2D eigenvalue weighted by molar-refractivity contribution is 7.86. The first-order valence-corrected chi connectivity index (χ1v) is 21.9. The van der Waals surface area contributed by atoms with Gasteiger partial charge in [-0.2, -0.15) is 16.8 Å². The van der Waals surface area contributed by atoms with Crippen LogP contribution in [0.3, 0.4) is 0 Å². The molecule has 0 bridgehead atoms. The van der Waals surface area contributed by atoms with Gasteiger partial charge in [0, 0.05) is 54.6 Å². The number of ether oxygens (including phenoxy) is 1. The van der Waals surface area contributed by atoms with Crippen molar-refractivity contribution in [3.8, 4) is 5.75 Å². The fraction of sp³-hybridized carbons (Fsp3) is 0.381. The largest absolute Gasteiger partial charge is 0.457 e. The van der Waals surface area contributed by atoms with Crippen molar-refractivity contribution in [2.45, 2.75) is 81.9 Å². The number of aryl methyl sites for hydroxylation is 1. The molecule has 56 heavy (non-hydrogen) atoms. The van der Waals surface area contributed by atoms with Crippen LogP contribution < -0.4 is 15.0 Å². The van der Waals surface area contributed by atoms with Gasteiger partial charge in [0.1, 0.15) is 11.5 Å². The Morgan fingerprint density at radius 2 is 1.68 bits per heavy atom. The monoisotopic (exact) mass is 805 g/mol. The molecule has 300 valence electrons. The highest BCUT2D eigenvalue weighted by Crippen LogP contribution is 2.48. The number of allylic oxidation sites excluding steroid dienone is 7. The summed E-state index contributed by atoms with van der Waals surface area (Å²) in [5, 5.41) is 2.99. The van der Waals surface area contributed by atoms with Crippen LogP contribution >= 0.6 is 0 Å². The van der Waals surface area contributed by atoms with Crippen LogP contribution in [0.2, 0.25) is 0 Å². The summed E-state index contributed by atoms with van der Waals surface area (Å²) in [6.07, 6.45) is 15.8. The molecule has 0 saturated carbocycles. The van der Waals surface area contributed by atoms with Gasteiger partial charge in [-0.1, -0.05) is 64.1 Å². The number of carbonyl (C=O) groups is 2. The van der Waals surface area contributed by atoms with Crippen molar-refractivity contribution in [2.24, 2.45) is 0 Å². The van der Waals surface area contributed by atoms with E-state index < -0.39 is 31.4 Å². The van der Waals surface area contributed by atoms with Crippen LogP contribution in [0.4, 0.5) is 5.69 Å². The third-order valence-electron chi connectivity index (χ3n) is 10.3. The molecule has 0 unspecified atom stereocenters. The van der Waals surface area contributed by atoms with E-state index in [1.54, 1.807) is 22.0 Å². The summed E-state index contributed by atoms with van der Waals surface area (Å²) in [5.41, 5.74) is 4.57. The summed E-state index contributed by atoms with van der Waals surface area (Å²) < 4.78 is 73.3. The van der Waals surface area contributed by atoms with Crippen LogP contribution in [-0.4, -0.2) is 68.0 Å². The molecule has 2 aromatic rings. The molecule has 2 aromatic carbocycles. The predicted molar refractivity (Wildman–Crippen MR) is 217 cm³/mol. The standard InChI is InChI=1S/C42H51N3O9S2/c1-5-32-11-10-12-33(17-22-38-42(3,4)36-29-35(56(51,52)53)20-21-37(36)45(38)27-28-55(48,49)50)41(32)54-34-18-14-31(15-19-34)16-23-39(46)43-25-8-6-7-9-26-44-30(2)13-24-40(44)47/h5,13-15,17-22,24,29H,1-2,6-12,16,23,25-28H2,3-4H3,(H,43,46)(H,48,49,50)(H,51,52,53)/b33-17+,38-22+. The van der Waals surface area contributed by atoms with E-state index in [9.17, 15) is 35.5 Å². The Hall–Kier alpha value is -4.76. The van der Waals surface area contributed by atoms with Gasteiger partial charge in [0.15, 0.2) is 0 Å². The van der Waals surface area contributed by atoms with Crippen molar-refractivity contribution < 1.29 is 40.3 Å². The molecule has 0 radical (unpaired) electrons. The minimum atomic E-state index is -4.49. The molecule has 1 aliphatic carbocycles. The molecule has 0 aromatic heterocycles. The molecular weight excluding hydrogens is 755 g/mol. The topological polar surface area (TPSA) is 171 Å². The molecule has 12 nitrogen and oxygen atoms in total. The number of hydrogen-bond donors (Lipinski definition) is 3. The van der Waals surface area contributed by atoms with Crippen molar-refractivity contribution >= 4 is 37.7 Å². The summed E-state index contributed by atoms with van der Waals surface area (Å²) in [5.74, 6) is 0.703. The van der Waals surface area contributed by atoms with Gasteiger partial charge in [-0.05, 0) is 103 Å². The summed E-state index contributed by atoms with van der Waals surface area (Å²) in [6.45, 7) is 12.8. The van der Waals surface area contributed by atoms with Gasteiger partial charge in [-0.3, -0.25) is 18.7 Å². The number of anilines is 1. The number of amides is 2. The number of nitrogens with one attached hydrogen (secondary N) is 1. The van der Waals surface area contributed by atoms with Crippen LogP contribution in [0.1, 0.15) is 76.3 Å². The van der Waals surface area contributed by atoms with Crippen molar-refractivity contribution in [3.63, 3.8) is 0 Å². The van der Waals surface area contributed by atoms with Crippen LogP contribution in [0.15, 0.2) is 119 Å². The minimum absolute atomic E-state index is 0.00814. The predicted octanol–water partition coefficient (Wildman–Crippen LogP) is 6.95. The molecule has 2 aliphatic heterocycles. The van der Waals surface area contributed by atoms with E-state index in [2.05, 4.69) is 18.5 Å². The first-order chi connectivity index (χ1) is 26.5. The lowest BCUT2D eigenvalue weighted by Crippen LogP contribution is -2.30. The second kappa shape index (κ2) is 18.0. The van der Waals surface area contributed by atoms with Gasteiger partial charge in [-0.15, -0.1) is 0 Å². The molecule has 2 heterocycles. The normalized spacial score (nSPS) is 18.3. The molecule has 0 fully saturated rings. The number of nitrogens with zero attached hydrogens (tertiary/aromatic N) is 2. The molecule has 0 spiro atoms. The summed E-state index contributed by atoms with van der Waals surface area (Å²) in [7, 11) is -8.80. The third kappa shape index (κ3) is 10.8. The molecule has 0 atom stereocenters. The molecule has 3 aliphatic rings. The van der Waals surface area contributed by atoms with E-state index in [0.29, 0.717) is 60.8 Å². The van der Waals surface area contributed by atoms with Gasteiger partial charge >= 0.3 is 0 Å². The first-order valence-electron chi connectivity index (χ1n) is 18.8. The van der Waals surface area contributed by atoms with E-state index in [1.165, 1.54) is 24.3 Å². The maximum absolute atomic E-state index is 12.5. The minimum Gasteiger partial charge on any atom is -0.457 e. The van der Waals surface area contributed by atoms with Crippen LogP contribution in [0, 0.1) is 0 Å². The molecule has 2 amide bonds. The fourth-order valence-electron chi connectivity index (χ4n) is 7.24. The van der Waals surface area contributed by atoms with Crippen LogP contribution in [0.5, 0.6) is 5.75 Å². The van der Waals surface area contributed by atoms with E-state index >= 15 is 0 Å². The zero-order valence-electron chi connectivity index (χ0n) is 32.0. The lowest BCUT2D eigenvalue weighted by atomic mass is 9.83. The number of unbranched alkanes of at least 4 members (excludes halogenated alkanes) is 3. The lowest BCUT2D eigenvalue weighted by Gasteiger charge is -2.27. The lowest BCUT2D eigenvalue weighted by molar-refractivity contribution is -0.123. The number of benzene rings is 2. The Kier molecular flexibility index (Phi) is 13.6. The second-order valence-corrected chi connectivity index (χ2v) is 17.7. The summed E-state index contributed by atoms with van der Waals surface area (Å²) >= 11 is 0. The van der Waals surface area contributed by atoms with Crippen LogP contribution in [-0.2, 0) is 41.7 Å². The second-order valence-electron chi connectivity index (χ2n) is 14.7. The van der Waals surface area contributed by atoms with Gasteiger partial charge in [-0.25, -0.2) is 0 Å². The Balaban J connectivity index is 1.21. The number of fused-ring (bicyclic) bond motifs is 1. The average molecular weight is 806 g/mol. The summed E-state index contributed by atoms with van der Waals surface area (Å²) in [6, 6.07) is 11.8. The van der Waals surface area contributed by atoms with E-state index in [1.807, 2.05) is 50.3 Å². The van der Waals surface area contributed by atoms with Gasteiger partial charge in [0.2, 0.25) is 5.91 Å². The van der Waals surface area contributed by atoms with E-state index in [-0.39, 0.29) is 23.3 Å². The van der Waals surface area contributed by atoms with Gasteiger partial charge in [0.25, 0.3) is 26.1 Å². The SMILES string of the molecule is C=CC1=C(Oc2ccc(CCC(=O)NCCCCCCN3C(=C)C=CC3=O)cc2)/C(=C/C=C2/N(CCS(=O)(=O)O)c3ccc(S(=O)(=O)O)cc3C2(C)C)CCC1. The maximum Gasteiger partial charge on any atom is 0.294 e. The highest BCUT2D eigenvalue weighted by atomic mass is 32.2. The van der Waals surface area contributed by atoms with Crippen molar-refractivity contribution in [1.82, 2.24) is 10.2 Å². The van der Waals surface area contributed by atoms with Gasteiger partial charge < -0.3 is 19.9 Å². The van der Waals surface area contributed by atoms with Crippen molar-refractivity contribution in [2.75, 3.05) is 30.3 Å². The molecule has 14 heteroatoms. The fourth-order valence-corrected chi connectivity index (χ4v) is 8.16. The Morgan fingerprint density at radius 1 is 0.946 bits per heavy atom. The molecule has 0 saturated heterocycles. The smallest absolute Gasteiger partial charge is 0.294 e. The van der Waals surface area contributed by atoms with Gasteiger partial charge in [0.05, 0.1) is 10.6 Å². The number of hydrogen-bond acceptors (Lipinski definition) is 8. The first kappa shape index (κ1) is 42.4. The Morgan fingerprint density at radius 3 is 2.34 bits per heavy atom. The Labute approximate surface area is 330 Å². The Bertz CT molecular complexity index is 2180. The summed E-state index contributed by atoms with van der Waals surface area (Å²) in [4.78, 5) is 27.4. The average Bonchev–Trinajstić information content (AvgIpc) is 3.58. The zero-order valence-corrected chi connectivity index (χ0v) is 33.6.